The van der Waals surface area contributed by atoms with Gasteiger partial charge in [0.05, 0.1) is 11.0 Å². The average molecular weight is 773 g/mol. The van der Waals surface area contributed by atoms with Gasteiger partial charge in [-0.15, -0.1) is 11.3 Å². The van der Waals surface area contributed by atoms with Crippen molar-refractivity contribution in [1.82, 2.24) is 19.5 Å². The number of para-hydroxylation sites is 1. The minimum absolute atomic E-state index is 0.248. The van der Waals surface area contributed by atoms with Crippen molar-refractivity contribution in [1.29, 1.82) is 0 Å². The van der Waals surface area contributed by atoms with Gasteiger partial charge < -0.3 is 0 Å². The number of nitrogens with zero attached hydrogens (tertiary/aromatic N) is 4. The molecule has 0 aliphatic heterocycles. The van der Waals surface area contributed by atoms with Crippen molar-refractivity contribution in [2.24, 2.45) is 0 Å². The number of benzene rings is 8. The fourth-order valence-electron chi connectivity index (χ4n) is 9.33. The SMILES string of the molecule is CC1(C)c2cc(-c3cccc4c3sc3ccccc34)ccc2-c2cc3c4ccccc4n(-c4nc(-c5ccccc5)nc(-c5cccc(-c6ccccc6)c5)n4)c3cc21. The first-order chi connectivity index (χ1) is 29.0. The molecule has 1 aliphatic carbocycles. The van der Waals surface area contributed by atoms with Gasteiger partial charge in [0, 0.05) is 47.5 Å². The normalized spacial score (nSPS) is 13.1. The summed E-state index contributed by atoms with van der Waals surface area (Å²) in [5, 5.41) is 4.99. The van der Waals surface area contributed by atoms with Crippen LogP contribution < -0.4 is 0 Å². The third-order valence-corrected chi connectivity index (χ3v) is 13.5. The number of thiophene rings is 1. The Morgan fingerprint density at radius 3 is 1.88 bits per heavy atom. The second kappa shape index (κ2) is 12.9. The summed E-state index contributed by atoms with van der Waals surface area (Å²) in [6, 6.07) is 65.2. The first kappa shape index (κ1) is 33.9. The summed E-state index contributed by atoms with van der Waals surface area (Å²) < 4.78 is 4.91. The van der Waals surface area contributed by atoms with E-state index in [0.29, 0.717) is 17.6 Å². The van der Waals surface area contributed by atoms with Crippen LogP contribution in [0, 0.1) is 0 Å². The first-order valence-electron chi connectivity index (χ1n) is 20.1. The highest BCUT2D eigenvalue weighted by Crippen LogP contribution is 2.52. The smallest absolute Gasteiger partial charge is 0.238 e. The molecule has 0 radical (unpaired) electrons. The lowest BCUT2D eigenvalue weighted by Crippen LogP contribution is -2.15. The molecule has 4 nitrogen and oxygen atoms in total. The summed E-state index contributed by atoms with van der Waals surface area (Å²) in [5.41, 5.74) is 13.8. The third-order valence-electron chi connectivity index (χ3n) is 12.3. The number of hydrogen-bond acceptors (Lipinski definition) is 4. The summed E-state index contributed by atoms with van der Waals surface area (Å²) in [6.07, 6.45) is 0. The van der Waals surface area contributed by atoms with Crippen LogP contribution in [0.25, 0.3) is 104 Å². The molecule has 59 heavy (non-hydrogen) atoms. The minimum Gasteiger partial charge on any atom is -0.278 e. The zero-order valence-electron chi connectivity index (χ0n) is 32.5. The van der Waals surface area contributed by atoms with Crippen molar-refractivity contribution in [2.75, 3.05) is 0 Å². The van der Waals surface area contributed by atoms with Crippen LogP contribution in [0.1, 0.15) is 25.0 Å². The van der Waals surface area contributed by atoms with Crippen LogP contribution in [0.3, 0.4) is 0 Å². The van der Waals surface area contributed by atoms with E-state index in [0.717, 1.165) is 33.3 Å². The molecule has 0 unspecified atom stereocenters. The van der Waals surface area contributed by atoms with Crippen molar-refractivity contribution < 1.29 is 0 Å². The van der Waals surface area contributed by atoms with Crippen LogP contribution in [-0.4, -0.2) is 19.5 Å². The maximum atomic E-state index is 5.30. The monoisotopic (exact) mass is 772 g/mol. The molecule has 0 bridgehead atoms. The summed E-state index contributed by atoms with van der Waals surface area (Å²) in [4.78, 5) is 15.7. The van der Waals surface area contributed by atoms with Crippen molar-refractivity contribution in [3.8, 4) is 62.1 Å². The van der Waals surface area contributed by atoms with Gasteiger partial charge in [-0.3, -0.25) is 4.57 Å². The number of aromatic nitrogens is 4. The van der Waals surface area contributed by atoms with Crippen molar-refractivity contribution in [3.05, 3.63) is 193 Å². The Hall–Kier alpha value is -7.21. The molecule has 12 rings (SSSR count). The van der Waals surface area contributed by atoms with Gasteiger partial charge in [-0.05, 0) is 80.9 Å². The van der Waals surface area contributed by atoms with Gasteiger partial charge in [0.15, 0.2) is 11.6 Å². The maximum absolute atomic E-state index is 5.30. The van der Waals surface area contributed by atoms with Crippen LogP contribution in [0.15, 0.2) is 182 Å². The van der Waals surface area contributed by atoms with E-state index in [9.17, 15) is 0 Å². The van der Waals surface area contributed by atoms with E-state index < -0.39 is 0 Å². The molecular formula is C54H36N4S. The van der Waals surface area contributed by atoms with Gasteiger partial charge in [-0.2, -0.15) is 9.97 Å². The van der Waals surface area contributed by atoms with E-state index in [-0.39, 0.29) is 5.41 Å². The van der Waals surface area contributed by atoms with Crippen LogP contribution in [-0.2, 0) is 5.41 Å². The molecule has 3 heterocycles. The molecule has 0 amide bonds. The van der Waals surface area contributed by atoms with Gasteiger partial charge in [0.1, 0.15) is 0 Å². The summed E-state index contributed by atoms with van der Waals surface area (Å²) in [5.74, 6) is 1.86. The average Bonchev–Trinajstić information content (AvgIpc) is 3.91. The Labute approximate surface area is 345 Å². The van der Waals surface area contributed by atoms with Crippen LogP contribution in [0.5, 0.6) is 0 Å². The predicted octanol–water partition coefficient (Wildman–Crippen LogP) is 14.3. The quantitative estimate of drug-likeness (QED) is 0.175. The molecular weight excluding hydrogens is 737 g/mol. The molecule has 5 heteroatoms. The van der Waals surface area contributed by atoms with Gasteiger partial charge in [-0.25, -0.2) is 4.98 Å². The lowest BCUT2D eigenvalue weighted by atomic mass is 9.81. The van der Waals surface area contributed by atoms with Crippen LogP contribution in [0.4, 0.5) is 0 Å². The van der Waals surface area contributed by atoms with Crippen LogP contribution >= 0.6 is 11.3 Å². The molecule has 0 fully saturated rings. The molecule has 0 N–H and O–H groups in total. The highest BCUT2D eigenvalue weighted by molar-refractivity contribution is 7.26. The Bertz CT molecular complexity index is 3470. The highest BCUT2D eigenvalue weighted by atomic mass is 32.1. The van der Waals surface area contributed by atoms with Crippen LogP contribution in [0.2, 0.25) is 0 Å². The second-order valence-electron chi connectivity index (χ2n) is 16.0. The van der Waals surface area contributed by atoms with Gasteiger partial charge in [-0.1, -0.05) is 159 Å². The molecule has 0 saturated heterocycles. The van der Waals surface area contributed by atoms with Gasteiger partial charge in [0.25, 0.3) is 0 Å². The Kier molecular flexibility index (Phi) is 7.41. The van der Waals surface area contributed by atoms with Crippen molar-refractivity contribution >= 4 is 53.3 Å². The molecule has 278 valence electrons. The summed E-state index contributed by atoms with van der Waals surface area (Å²) >= 11 is 1.89. The topological polar surface area (TPSA) is 43.6 Å². The number of rotatable bonds is 5. The fraction of sp³-hybridized carbons (Fsp3) is 0.0556. The van der Waals surface area contributed by atoms with E-state index in [2.05, 4.69) is 176 Å². The molecule has 11 aromatic rings. The predicted molar refractivity (Wildman–Crippen MR) is 246 cm³/mol. The van der Waals surface area contributed by atoms with Crippen molar-refractivity contribution in [3.63, 3.8) is 0 Å². The lowest BCUT2D eigenvalue weighted by molar-refractivity contribution is 0.661. The number of hydrogen-bond donors (Lipinski definition) is 0. The van der Waals surface area contributed by atoms with E-state index in [1.165, 1.54) is 64.3 Å². The minimum atomic E-state index is -0.248. The van der Waals surface area contributed by atoms with E-state index in [1.54, 1.807) is 0 Å². The molecule has 0 atom stereocenters. The molecule has 3 aromatic heterocycles. The zero-order chi connectivity index (χ0) is 39.2. The number of fused-ring (bicyclic) bond motifs is 9. The molecule has 1 aliphatic rings. The first-order valence-corrected chi connectivity index (χ1v) is 20.9. The Morgan fingerprint density at radius 2 is 1.05 bits per heavy atom. The second-order valence-corrected chi connectivity index (χ2v) is 17.1. The third kappa shape index (κ3) is 5.25. The lowest BCUT2D eigenvalue weighted by Gasteiger charge is -2.22. The summed E-state index contributed by atoms with van der Waals surface area (Å²) in [7, 11) is 0. The molecule has 8 aromatic carbocycles. The van der Waals surface area contributed by atoms with E-state index in [1.807, 2.05) is 35.6 Å². The maximum Gasteiger partial charge on any atom is 0.238 e. The highest BCUT2D eigenvalue weighted by Gasteiger charge is 2.37. The molecule has 0 saturated carbocycles. The van der Waals surface area contributed by atoms with Gasteiger partial charge >= 0.3 is 0 Å². The fourth-order valence-corrected chi connectivity index (χ4v) is 10.6. The standard InChI is InChI=1S/C54H36N4S/c1-54(2)45-30-36(38-23-14-24-42-41-22-10-12-26-49(41)59-50(38)42)27-28-39(45)43-31-44-40-21-9-11-25-47(40)58(48(44)32-46(43)54)53-56-51(34-17-7-4-8-18-34)55-52(57-53)37-20-13-19-35(29-37)33-15-5-3-6-16-33/h3-32H,1-2H3. The summed E-state index contributed by atoms with van der Waals surface area (Å²) in [6.45, 7) is 4.74. The molecule has 0 spiro atoms. The Morgan fingerprint density at radius 1 is 0.407 bits per heavy atom. The van der Waals surface area contributed by atoms with E-state index in [4.69, 9.17) is 15.0 Å². The zero-order valence-corrected chi connectivity index (χ0v) is 33.3. The largest absolute Gasteiger partial charge is 0.278 e. The van der Waals surface area contributed by atoms with Crippen molar-refractivity contribution in [2.45, 2.75) is 19.3 Å². The van der Waals surface area contributed by atoms with Gasteiger partial charge in [0.2, 0.25) is 5.95 Å². The van der Waals surface area contributed by atoms with E-state index >= 15 is 0 Å². The Balaban J connectivity index is 1.05.